The number of thioether (sulfide) groups is 2. The topological polar surface area (TPSA) is 250 Å². The van der Waals surface area contributed by atoms with Crippen LogP contribution in [0.4, 0.5) is 15.0 Å². The van der Waals surface area contributed by atoms with Crippen LogP contribution >= 0.6 is 92.3 Å². The summed E-state index contributed by atoms with van der Waals surface area (Å²) in [6.45, 7) is 12.5. The Balaban J connectivity index is 0.000000256. The number of hydrogen-bond donors (Lipinski definition) is 6. The van der Waals surface area contributed by atoms with Crippen molar-refractivity contribution in [2.75, 3.05) is 33.2 Å². The lowest BCUT2D eigenvalue weighted by atomic mass is 9.85. The fourth-order valence-corrected chi connectivity index (χ4v) is 11.5. The molecule has 3 aromatic carbocycles. The number of aryl methyl sites for hydroxylation is 3. The summed E-state index contributed by atoms with van der Waals surface area (Å²) in [7, 11) is 0. The number of carboxylic acid groups (broad SMARTS) is 3. The van der Waals surface area contributed by atoms with Crippen molar-refractivity contribution in [2.45, 2.75) is 85.3 Å². The van der Waals surface area contributed by atoms with Gasteiger partial charge in [-0.2, -0.15) is 0 Å². The summed E-state index contributed by atoms with van der Waals surface area (Å²) in [5.74, 6) is -4.62. The predicted octanol–water partition coefficient (Wildman–Crippen LogP) is 13.7. The summed E-state index contributed by atoms with van der Waals surface area (Å²) in [4.78, 5) is 111. The minimum absolute atomic E-state index is 0.0141. The highest BCUT2D eigenvalue weighted by Gasteiger charge is 2.30. The van der Waals surface area contributed by atoms with Crippen LogP contribution in [-0.4, -0.2) is 90.3 Å². The van der Waals surface area contributed by atoms with E-state index in [-0.39, 0.29) is 65.2 Å². The first kappa shape index (κ1) is 65.7. The second-order valence-electron chi connectivity index (χ2n) is 18.5. The third-order valence-electron chi connectivity index (χ3n) is 11.0. The van der Waals surface area contributed by atoms with E-state index in [1.165, 1.54) is 34.0 Å². The lowest BCUT2D eigenvalue weighted by molar-refractivity contribution is -0.140. The molecule has 0 aliphatic heterocycles. The smallest absolute Gasteiger partial charge is 0.319 e. The summed E-state index contributed by atoms with van der Waals surface area (Å²) in [5.41, 5.74) is 2.07. The number of rotatable bonds is 24. The van der Waals surface area contributed by atoms with E-state index in [1.807, 2.05) is 20.8 Å². The second-order valence-corrected chi connectivity index (χ2v) is 25.8. The van der Waals surface area contributed by atoms with E-state index < -0.39 is 28.1 Å². The quantitative estimate of drug-likeness (QED) is 0.0309. The monoisotopic (exact) mass is 1230 g/mol. The minimum atomic E-state index is -1.07. The molecular weight excluding hydrogens is 1170 g/mol. The van der Waals surface area contributed by atoms with Crippen LogP contribution in [0.5, 0.6) is 0 Å². The minimum Gasteiger partial charge on any atom is -0.481 e. The van der Waals surface area contributed by atoms with Gasteiger partial charge in [-0.25, -0.2) is 0 Å². The molecule has 15 nitrogen and oxygen atoms in total. The Labute approximate surface area is 493 Å². The fourth-order valence-electron chi connectivity index (χ4n) is 6.85. The van der Waals surface area contributed by atoms with Gasteiger partial charge in [0, 0.05) is 52.8 Å². The molecule has 3 aromatic heterocycles. The fraction of sp³-hybridized carbons (Fsp3) is 0.304. The molecule has 0 unspecified atom stereocenters. The predicted molar refractivity (Wildman–Crippen MR) is 321 cm³/mol. The molecule has 6 aromatic rings. The molecule has 3 amide bonds. The van der Waals surface area contributed by atoms with E-state index in [4.69, 9.17) is 50.1 Å². The number of carbonyl (C=O) groups excluding carboxylic acids is 6. The van der Waals surface area contributed by atoms with Gasteiger partial charge in [0.2, 0.25) is 17.7 Å². The number of anilines is 3. The largest absolute Gasteiger partial charge is 0.481 e. The highest BCUT2D eigenvalue weighted by Crippen LogP contribution is 2.35. The molecule has 0 spiro atoms. The Kier molecular flexibility index (Phi) is 25.5. The molecule has 0 saturated carbocycles. The lowest BCUT2D eigenvalue weighted by Crippen LogP contribution is -2.29. The molecule has 0 bridgehead atoms. The van der Waals surface area contributed by atoms with Crippen molar-refractivity contribution in [3.05, 3.63) is 154 Å². The van der Waals surface area contributed by atoms with Gasteiger partial charge in [-0.05, 0) is 130 Å². The average Bonchev–Trinajstić information content (AvgIpc) is 4.16. The summed E-state index contributed by atoms with van der Waals surface area (Å²) in [6.07, 6.45) is 2.16. The number of ketones is 3. The molecular formula is C56H58Cl3N3O12S5. The first-order chi connectivity index (χ1) is 37.1. The van der Waals surface area contributed by atoms with Crippen LogP contribution in [0.3, 0.4) is 0 Å². The number of nitrogens with one attached hydrogen (secondary N) is 3. The number of hydrogen-bond acceptors (Lipinski definition) is 14. The molecule has 6 rings (SSSR count). The van der Waals surface area contributed by atoms with E-state index in [1.54, 1.807) is 119 Å². The van der Waals surface area contributed by atoms with Crippen molar-refractivity contribution >= 4 is 160 Å². The number of carbonyl (C=O) groups is 9. The Morgan fingerprint density at radius 1 is 0.468 bits per heavy atom. The highest BCUT2D eigenvalue weighted by molar-refractivity contribution is 8.02. The highest BCUT2D eigenvalue weighted by atomic mass is 35.5. The summed E-state index contributed by atoms with van der Waals surface area (Å²) in [5, 5.41) is 38.1. The molecule has 0 aliphatic rings. The van der Waals surface area contributed by atoms with Crippen LogP contribution in [-0.2, 0) is 48.0 Å². The number of thiophene rings is 3. The molecule has 0 fully saturated rings. The van der Waals surface area contributed by atoms with E-state index >= 15 is 0 Å². The number of aliphatic carboxylic acids is 3. The molecule has 23 heteroatoms. The standard InChI is InChI=1S/C20H22ClNO4S.C19H20ClNO4S2.C17H16ClNO4S2/c1-4-14-9-15(18(26)12-5-7-13(21)8-6-12)19(27-14)22-16(23)10-20(2,3)11-17(24)25;1-4-13-9-14(16(23)11-5-7-12(20)8-6-11)17(27-13)21-15(22)10-26-19(2,3)18(24)25;1-2-12-7-13(16(23)10-3-5-11(18)6-4-10)17(25-12)19-14(20)8-24-9-15(21)22/h5-9H,4,10-11H2,1-3H3,(H,22,23)(H,24,25);5-9H,4,10H2,1-3H3,(H,21,22)(H,24,25);3-7H,2,8-9H2,1H3,(H,19,20)(H,21,22). The first-order valence-electron chi connectivity index (χ1n) is 24.2. The molecule has 0 aliphatic carbocycles. The van der Waals surface area contributed by atoms with Crippen LogP contribution in [0.1, 0.15) is 124 Å². The molecule has 79 heavy (non-hydrogen) atoms. The van der Waals surface area contributed by atoms with Crippen molar-refractivity contribution in [3.8, 4) is 0 Å². The van der Waals surface area contributed by atoms with Crippen LogP contribution in [0.25, 0.3) is 0 Å². The maximum atomic E-state index is 12.9. The van der Waals surface area contributed by atoms with Gasteiger partial charge in [0.25, 0.3) is 0 Å². The molecule has 0 saturated heterocycles. The second kappa shape index (κ2) is 30.7. The lowest BCUT2D eigenvalue weighted by Gasteiger charge is -2.21. The molecule has 3 heterocycles. The molecule has 6 N–H and O–H groups in total. The third kappa shape index (κ3) is 21.0. The van der Waals surface area contributed by atoms with Gasteiger partial charge in [-0.1, -0.05) is 69.4 Å². The van der Waals surface area contributed by atoms with Gasteiger partial charge in [-0.15, -0.1) is 57.5 Å². The number of halogens is 3. The number of carboxylic acids is 3. The van der Waals surface area contributed by atoms with Gasteiger partial charge < -0.3 is 31.3 Å². The van der Waals surface area contributed by atoms with Crippen LogP contribution in [0, 0.1) is 5.41 Å². The molecule has 0 atom stereocenters. The van der Waals surface area contributed by atoms with Gasteiger partial charge in [-0.3, -0.25) is 43.2 Å². The maximum Gasteiger partial charge on any atom is 0.319 e. The Bertz CT molecular complexity index is 3170. The zero-order chi connectivity index (χ0) is 58.8. The first-order valence-corrected chi connectivity index (χ1v) is 29.9. The summed E-state index contributed by atoms with van der Waals surface area (Å²) >= 11 is 23.7. The van der Waals surface area contributed by atoms with Gasteiger partial charge >= 0.3 is 17.9 Å². The van der Waals surface area contributed by atoms with E-state index in [9.17, 15) is 43.2 Å². The van der Waals surface area contributed by atoms with Crippen molar-refractivity contribution in [2.24, 2.45) is 5.41 Å². The van der Waals surface area contributed by atoms with Crippen molar-refractivity contribution in [1.29, 1.82) is 0 Å². The SMILES string of the molecule is CCc1cc(C(=O)c2ccc(Cl)cc2)c(NC(=O)CC(C)(C)CC(=O)O)s1.CCc1cc(C(=O)c2ccc(Cl)cc2)c(NC(=O)CSC(C)(C)C(=O)O)s1.CCc1cc(C(=O)c2ccc(Cl)cc2)c(NC(=O)CSCC(=O)O)s1. The normalized spacial score (nSPS) is 11.0. The van der Waals surface area contributed by atoms with Gasteiger partial charge in [0.1, 0.15) is 19.8 Å². The van der Waals surface area contributed by atoms with Crippen LogP contribution in [0.15, 0.2) is 91.0 Å². The average molecular weight is 1230 g/mol. The van der Waals surface area contributed by atoms with Crippen molar-refractivity contribution in [3.63, 3.8) is 0 Å². The van der Waals surface area contributed by atoms with E-state index in [2.05, 4.69) is 16.0 Å². The van der Waals surface area contributed by atoms with Crippen LogP contribution < -0.4 is 16.0 Å². The summed E-state index contributed by atoms with van der Waals surface area (Å²) < 4.78 is -1.07. The van der Waals surface area contributed by atoms with Crippen molar-refractivity contribution < 1.29 is 58.5 Å². The van der Waals surface area contributed by atoms with Gasteiger partial charge in [0.15, 0.2) is 17.3 Å². The Hall–Kier alpha value is -5.84. The van der Waals surface area contributed by atoms with Crippen LogP contribution in [0.2, 0.25) is 15.1 Å². The molecule has 420 valence electrons. The summed E-state index contributed by atoms with van der Waals surface area (Å²) in [6, 6.07) is 25.1. The van der Waals surface area contributed by atoms with E-state index in [0.717, 1.165) is 57.4 Å². The number of benzene rings is 3. The Morgan fingerprint density at radius 2 is 0.797 bits per heavy atom. The third-order valence-corrected chi connectivity index (χ3v) is 17.6. The zero-order valence-corrected chi connectivity index (χ0v) is 50.4. The molecule has 0 radical (unpaired) electrons. The van der Waals surface area contributed by atoms with Crippen molar-refractivity contribution in [1.82, 2.24) is 0 Å². The maximum absolute atomic E-state index is 12.9. The Morgan fingerprint density at radius 3 is 1.10 bits per heavy atom. The zero-order valence-electron chi connectivity index (χ0n) is 44.0. The van der Waals surface area contributed by atoms with E-state index in [0.29, 0.717) is 63.5 Å². The number of amides is 3. The van der Waals surface area contributed by atoms with Gasteiger partial charge in [0.05, 0.1) is 40.4 Å².